The van der Waals surface area contributed by atoms with Gasteiger partial charge in [-0.15, -0.1) is 13.2 Å². The van der Waals surface area contributed by atoms with Crippen molar-refractivity contribution in [2.75, 3.05) is 67.1 Å². The number of nitrogens with zero attached hydrogens (tertiary/aromatic N) is 9. The van der Waals surface area contributed by atoms with Crippen LogP contribution in [-0.2, 0) is 14.4 Å². The maximum Gasteiger partial charge on any atom is 0.573 e. The van der Waals surface area contributed by atoms with Crippen LogP contribution in [0.5, 0.6) is 28.7 Å². The second kappa shape index (κ2) is 31.2. The van der Waals surface area contributed by atoms with E-state index in [1.54, 1.807) is 38.7 Å². The van der Waals surface area contributed by atoms with Gasteiger partial charge in [0, 0.05) is 84.7 Å². The van der Waals surface area contributed by atoms with Gasteiger partial charge in [0.2, 0.25) is 17.7 Å². The van der Waals surface area contributed by atoms with E-state index in [4.69, 9.17) is 53.7 Å². The fourth-order valence-electron chi connectivity index (χ4n) is 13.7. The lowest BCUT2D eigenvalue weighted by atomic mass is 9.86. The van der Waals surface area contributed by atoms with Crippen molar-refractivity contribution in [2.24, 2.45) is 29.0 Å². The number of benzene rings is 6. The number of hydrogen-bond acceptors (Lipinski definition) is 16. The van der Waals surface area contributed by atoms with E-state index < -0.39 is 29.8 Å². The fourth-order valence-corrected chi connectivity index (χ4v) is 13.9. The third-order valence-corrected chi connectivity index (χ3v) is 18.8. The van der Waals surface area contributed by atoms with Crippen molar-refractivity contribution in [3.63, 3.8) is 0 Å². The molecule has 6 amide bonds. The molecule has 25 nitrogen and oxygen atoms in total. The molecule has 2 unspecified atom stereocenters. The van der Waals surface area contributed by atoms with E-state index in [-0.39, 0.29) is 59.4 Å². The summed E-state index contributed by atoms with van der Waals surface area (Å²) in [5, 5.41) is 36.3. The highest BCUT2D eigenvalue weighted by molar-refractivity contribution is 6.30. The smallest absolute Gasteiger partial charge is 0.457 e. The van der Waals surface area contributed by atoms with Gasteiger partial charge < -0.3 is 62.5 Å². The van der Waals surface area contributed by atoms with Gasteiger partial charge in [0.15, 0.2) is 0 Å². The summed E-state index contributed by atoms with van der Waals surface area (Å²) < 4.78 is 58.5. The zero-order valence-electron chi connectivity index (χ0n) is 56.0. The Labute approximate surface area is 600 Å². The molecular formula is C75H72ClF3N16O9. The molecule has 0 saturated carbocycles. The predicted molar refractivity (Wildman–Crippen MR) is 384 cm³/mol. The molecule has 3 atom stereocenters. The summed E-state index contributed by atoms with van der Waals surface area (Å²) in [5.41, 5.74) is 22.7. The maximum atomic E-state index is 12.5. The van der Waals surface area contributed by atoms with E-state index in [0.29, 0.717) is 132 Å². The van der Waals surface area contributed by atoms with E-state index in [1.807, 2.05) is 119 Å². The summed E-state index contributed by atoms with van der Waals surface area (Å²) in [6.07, 6.45) is 1.55. The molecule has 0 spiro atoms. The molecule has 3 aromatic heterocycles. The number of carbonyl (C=O) groups excluding carboxylic acids is 6. The van der Waals surface area contributed by atoms with Crippen LogP contribution >= 0.6 is 11.6 Å². The van der Waals surface area contributed by atoms with Gasteiger partial charge in [0.25, 0.3) is 17.7 Å². The van der Waals surface area contributed by atoms with Crippen LogP contribution in [-0.4, -0.2) is 127 Å². The van der Waals surface area contributed by atoms with Crippen molar-refractivity contribution < 1.29 is 56.1 Å². The molecule has 9 aromatic rings. The first-order chi connectivity index (χ1) is 50.2. The van der Waals surface area contributed by atoms with Gasteiger partial charge in [-0.25, -0.2) is 14.0 Å². The average Bonchev–Trinajstić information content (AvgIpc) is 1.60. The first-order valence-electron chi connectivity index (χ1n) is 33.5. The number of para-hydroxylation sites is 2. The van der Waals surface area contributed by atoms with Crippen molar-refractivity contribution in [3.8, 4) is 68.6 Å². The minimum absolute atomic E-state index is 0.0653. The zero-order chi connectivity index (χ0) is 73.3. The highest BCUT2D eigenvalue weighted by atomic mass is 35.5. The number of anilines is 4. The monoisotopic (exact) mass is 1430 g/mol. The number of alkyl halides is 3. The van der Waals surface area contributed by atoms with Crippen LogP contribution in [0.1, 0.15) is 93.3 Å². The van der Waals surface area contributed by atoms with Crippen molar-refractivity contribution >= 4 is 70.2 Å². The maximum absolute atomic E-state index is 12.5. The molecule has 29 heteroatoms. The minimum atomic E-state index is -4.82. The predicted octanol–water partition coefficient (Wildman–Crippen LogP) is 12.1. The number of carbonyl (C=O) groups is 6. The molecule has 0 aliphatic carbocycles. The van der Waals surface area contributed by atoms with Crippen molar-refractivity contribution in [2.45, 2.75) is 63.0 Å². The normalized spacial score (nSPS) is 16.7. The molecule has 534 valence electrons. The molecule has 14 rings (SSSR count). The highest BCUT2D eigenvalue weighted by Gasteiger charge is 2.42. The van der Waals surface area contributed by atoms with Crippen LogP contribution in [0.4, 0.5) is 36.3 Å². The summed E-state index contributed by atoms with van der Waals surface area (Å²) in [4.78, 5) is 76.7. The third-order valence-electron chi connectivity index (χ3n) is 18.6. The number of amides is 6. The van der Waals surface area contributed by atoms with Crippen molar-refractivity contribution in [1.82, 2.24) is 39.1 Å². The summed E-state index contributed by atoms with van der Waals surface area (Å²) >= 11 is 6.03. The molecule has 2 fully saturated rings. The topological polar surface area (TPSA) is 340 Å². The second-order valence-corrected chi connectivity index (χ2v) is 25.5. The Morgan fingerprint density at radius 3 is 1.53 bits per heavy atom. The van der Waals surface area contributed by atoms with Gasteiger partial charge in [0.1, 0.15) is 86.4 Å². The lowest BCUT2D eigenvalue weighted by molar-refractivity contribution is -0.274. The van der Waals surface area contributed by atoms with Gasteiger partial charge in [-0.2, -0.15) is 20.6 Å². The third kappa shape index (κ3) is 15.9. The number of ether oxygens (including phenoxy) is 3. The number of piperidine rings is 1. The lowest BCUT2D eigenvalue weighted by Gasteiger charge is -2.44. The quantitative estimate of drug-likeness (QED) is 0.0393. The largest absolute Gasteiger partial charge is 0.573 e. The van der Waals surface area contributed by atoms with Crippen LogP contribution in [0.2, 0.25) is 5.02 Å². The second-order valence-electron chi connectivity index (χ2n) is 25.1. The van der Waals surface area contributed by atoms with Crippen LogP contribution < -0.4 is 52.7 Å². The number of likely N-dealkylation sites (tertiary alicyclic amines) is 2. The molecule has 10 N–H and O–H groups in total. The van der Waals surface area contributed by atoms with Gasteiger partial charge in [-0.3, -0.25) is 28.8 Å². The molecule has 104 heavy (non-hydrogen) atoms. The van der Waals surface area contributed by atoms with E-state index in [0.717, 1.165) is 66.3 Å². The first-order valence-corrected chi connectivity index (χ1v) is 33.8. The Bertz CT molecular complexity index is 4750. The Balaban J connectivity index is 0.000000147. The highest BCUT2D eigenvalue weighted by Crippen LogP contribution is 2.44. The Kier molecular flexibility index (Phi) is 21.5. The molecule has 5 aliphatic rings. The van der Waals surface area contributed by atoms with Gasteiger partial charge in [-0.1, -0.05) is 67.2 Å². The Morgan fingerprint density at radius 2 is 1.03 bits per heavy atom. The number of nitrogens with two attached hydrogens (primary N) is 3. The summed E-state index contributed by atoms with van der Waals surface area (Å²) in [6.45, 7) is 11.5. The van der Waals surface area contributed by atoms with Crippen molar-refractivity contribution in [3.05, 3.63) is 204 Å². The average molecular weight is 1430 g/mol. The number of rotatable bonds is 18. The fraction of sp³-hybridized carbons (Fsp3) is 0.253. The number of fused-ring (bicyclic) bond motifs is 3. The molecule has 0 radical (unpaired) electrons. The van der Waals surface area contributed by atoms with Crippen molar-refractivity contribution in [1.29, 1.82) is 5.26 Å². The molecule has 2 saturated heterocycles. The Morgan fingerprint density at radius 1 is 0.567 bits per heavy atom. The first kappa shape index (κ1) is 71.4. The number of nitriles is 1. The van der Waals surface area contributed by atoms with Crippen LogP contribution in [0.3, 0.4) is 0 Å². The lowest BCUT2D eigenvalue weighted by Crippen LogP contribution is -2.53. The molecule has 8 heterocycles. The van der Waals surface area contributed by atoms with Crippen LogP contribution in [0.25, 0.3) is 33.8 Å². The number of primary amides is 3. The van der Waals surface area contributed by atoms with E-state index in [1.165, 1.54) is 18.2 Å². The summed E-state index contributed by atoms with van der Waals surface area (Å²) in [5.74, 6) is 2.17. The standard InChI is InChI=1S/C27H28N6O3.C25H24ClN5O3.C23H20F3N5O3/c28-14-10-23(34)32-16-12-18(13-17-32)22-11-15-30-27-24(26(29)35)25(31-33(22)27)19-6-8-21(9-7-19)36-20-4-2-1-3-5-20;1-2-21(32)30-13-16(14-30)20-10-11-28-25-22(24(27)33)23(29-31(20)25)15-6-8-18(9-7-15)34-19-5-3-4-17(26)12-19;1-2-18(32)29-16-6-4-3-5-15(16)17-11-12-28-22-19(21(27)33)20(30-31(17)22)13-7-9-14(10-8-13)34-23(24,25)26/h1-9,18,22,30H,10-13,15-17H2,(H2,29,35);2-9,12,16,20,28H,1,10-11,13-14H2,(H2,27,33);2-10,17,28H,1,11-12H2,(H2,27,33)(H,29,32)/t22-;;/m0../s1. The minimum Gasteiger partial charge on any atom is -0.457 e. The molecule has 0 bridgehead atoms. The molecular weight excluding hydrogens is 1360 g/mol. The van der Waals surface area contributed by atoms with Gasteiger partial charge in [-0.05, 0) is 159 Å². The van der Waals surface area contributed by atoms with E-state index in [2.05, 4.69) is 44.3 Å². The van der Waals surface area contributed by atoms with Gasteiger partial charge in [0.05, 0.1) is 24.2 Å². The van der Waals surface area contributed by atoms with Crippen LogP contribution in [0, 0.1) is 23.2 Å². The molecule has 5 aliphatic heterocycles. The zero-order valence-corrected chi connectivity index (χ0v) is 56.8. The SMILES string of the molecule is C=CC(=O)N1CC(C2CCNc3c(C(N)=O)c(-c4ccc(Oc5cccc(Cl)c5)cc4)nn32)C1.C=CC(=O)Nc1ccccc1C1CCNc2c(C(N)=O)c(-c3ccc(OC(F)(F)F)cc3)nn21.N#CCC(=O)N1CCC([C@@H]2CCNc3c(C(N)=O)c(-c4ccc(Oc5ccccc5)cc4)nn32)CC1. The Hall–Kier alpha value is -12.4. The number of aromatic nitrogens is 6. The number of hydrogen-bond donors (Lipinski definition) is 7. The van der Waals surface area contributed by atoms with Gasteiger partial charge >= 0.3 is 6.36 Å². The molecule has 6 aromatic carbocycles. The van der Waals surface area contributed by atoms with E-state index in [9.17, 15) is 41.9 Å². The summed E-state index contributed by atoms with van der Waals surface area (Å²) in [6, 6.07) is 45.4. The van der Waals surface area contributed by atoms with Crippen LogP contribution in [0.15, 0.2) is 177 Å². The van der Waals surface area contributed by atoms with E-state index >= 15 is 0 Å². The number of halogens is 4. The summed E-state index contributed by atoms with van der Waals surface area (Å²) in [7, 11) is 0. The number of nitrogens with one attached hydrogen (secondary N) is 4.